The van der Waals surface area contributed by atoms with Gasteiger partial charge in [-0.1, -0.05) is 82.3 Å². The Balaban J connectivity index is 1.39. The van der Waals surface area contributed by atoms with E-state index in [1.165, 1.54) is 33.9 Å². The minimum Gasteiger partial charge on any atom is -0.348 e. The molecular formula is C26H30N4S2. The first-order chi connectivity index (χ1) is 15.7. The highest BCUT2D eigenvalue weighted by Gasteiger charge is 2.20. The molecular weight excluding hydrogens is 432 g/mol. The minimum atomic E-state index is 0.390. The summed E-state index contributed by atoms with van der Waals surface area (Å²) in [6.45, 7) is 4.24. The van der Waals surface area contributed by atoms with E-state index in [1.807, 2.05) is 34.2 Å². The van der Waals surface area contributed by atoms with Crippen molar-refractivity contribution in [2.75, 3.05) is 11.5 Å². The summed E-state index contributed by atoms with van der Waals surface area (Å²) >= 11 is 0. The molecule has 166 valence electrons. The van der Waals surface area contributed by atoms with E-state index >= 15 is 0 Å². The van der Waals surface area contributed by atoms with Gasteiger partial charge in [0.15, 0.2) is 0 Å². The number of H-pyrrole nitrogens is 2. The lowest BCUT2D eigenvalue weighted by molar-refractivity contribution is 0.739. The van der Waals surface area contributed by atoms with Crippen molar-refractivity contribution in [3.05, 3.63) is 107 Å². The van der Waals surface area contributed by atoms with Gasteiger partial charge < -0.3 is 9.97 Å². The van der Waals surface area contributed by atoms with Crippen LogP contribution in [0.1, 0.15) is 45.7 Å². The summed E-state index contributed by atoms with van der Waals surface area (Å²) in [5.41, 5.74) is 7.44. The molecule has 0 saturated heterocycles. The zero-order valence-corrected chi connectivity index (χ0v) is 20.3. The SMILES string of the molecule is Cc1[nH]cnc1C(CSSCC(Cc1ccccc1)c1nc[nH]c1C)Cc1ccccc1. The molecule has 2 unspecified atom stereocenters. The van der Waals surface area contributed by atoms with Gasteiger partial charge in [-0.25, -0.2) is 9.97 Å². The molecule has 2 aromatic carbocycles. The lowest BCUT2D eigenvalue weighted by Gasteiger charge is -2.18. The van der Waals surface area contributed by atoms with E-state index in [0.717, 1.165) is 24.3 Å². The molecule has 0 amide bonds. The third-order valence-electron chi connectivity index (χ3n) is 5.78. The predicted molar refractivity (Wildman–Crippen MR) is 137 cm³/mol. The Hall–Kier alpha value is -2.44. The molecule has 2 atom stereocenters. The second-order valence-corrected chi connectivity index (χ2v) is 10.7. The molecule has 0 aliphatic carbocycles. The maximum atomic E-state index is 4.64. The molecule has 0 aliphatic rings. The fourth-order valence-electron chi connectivity index (χ4n) is 4.09. The van der Waals surface area contributed by atoms with E-state index in [9.17, 15) is 0 Å². The van der Waals surface area contributed by atoms with Crippen LogP contribution < -0.4 is 0 Å². The highest BCUT2D eigenvalue weighted by atomic mass is 33.1. The Labute approximate surface area is 198 Å². The van der Waals surface area contributed by atoms with E-state index < -0.39 is 0 Å². The van der Waals surface area contributed by atoms with E-state index in [1.54, 1.807) is 0 Å². The van der Waals surface area contributed by atoms with Crippen LogP contribution >= 0.6 is 21.6 Å². The lowest BCUT2D eigenvalue weighted by atomic mass is 9.97. The van der Waals surface area contributed by atoms with E-state index in [4.69, 9.17) is 0 Å². The van der Waals surface area contributed by atoms with E-state index in [-0.39, 0.29) is 0 Å². The molecule has 4 aromatic rings. The molecule has 0 radical (unpaired) electrons. The van der Waals surface area contributed by atoms with Gasteiger partial charge in [-0.15, -0.1) is 0 Å². The quantitative estimate of drug-likeness (QED) is 0.198. The number of rotatable bonds is 11. The molecule has 0 saturated carbocycles. The van der Waals surface area contributed by atoms with Gasteiger partial charge in [-0.05, 0) is 37.8 Å². The van der Waals surface area contributed by atoms with Gasteiger partial charge in [0.05, 0.1) is 24.0 Å². The molecule has 0 spiro atoms. The highest BCUT2D eigenvalue weighted by molar-refractivity contribution is 8.76. The molecule has 0 fully saturated rings. The Morgan fingerprint density at radius 3 is 1.41 bits per heavy atom. The average Bonchev–Trinajstić information content (AvgIpc) is 3.44. The van der Waals surface area contributed by atoms with Crippen molar-refractivity contribution in [3.8, 4) is 0 Å². The standard InChI is InChI=1S/C26H30N4S2/c1-19-25(29-17-27-19)23(13-21-9-5-3-6-10-21)15-31-32-16-24(26-20(2)28-18-30-26)14-22-11-7-4-8-12-22/h3-12,17-18,23-24H,13-16H2,1-2H3,(H,27,29)(H,28,30). The maximum Gasteiger partial charge on any atom is 0.0925 e. The molecule has 0 aliphatic heterocycles. The summed E-state index contributed by atoms with van der Waals surface area (Å²) in [5, 5.41) is 0. The van der Waals surface area contributed by atoms with Crippen LogP contribution in [0.4, 0.5) is 0 Å². The second kappa shape index (κ2) is 11.4. The number of nitrogens with zero attached hydrogens (tertiary/aromatic N) is 2. The number of benzene rings is 2. The van der Waals surface area contributed by atoms with Crippen LogP contribution in [0.15, 0.2) is 73.3 Å². The normalized spacial score (nSPS) is 13.2. The van der Waals surface area contributed by atoms with Gasteiger partial charge in [0.2, 0.25) is 0 Å². The summed E-state index contributed by atoms with van der Waals surface area (Å²) in [4.78, 5) is 15.8. The average molecular weight is 463 g/mol. The van der Waals surface area contributed by atoms with Crippen LogP contribution in [0, 0.1) is 13.8 Å². The van der Waals surface area contributed by atoms with Crippen molar-refractivity contribution in [1.29, 1.82) is 0 Å². The van der Waals surface area contributed by atoms with Crippen molar-refractivity contribution in [2.24, 2.45) is 0 Å². The fraction of sp³-hybridized carbons (Fsp3) is 0.308. The summed E-state index contributed by atoms with van der Waals surface area (Å²) in [5.74, 6) is 2.84. The fourth-order valence-corrected chi connectivity index (χ4v) is 6.72. The van der Waals surface area contributed by atoms with Gasteiger partial charge in [-0.2, -0.15) is 0 Å². The summed E-state index contributed by atoms with van der Waals surface area (Å²) in [6, 6.07) is 21.5. The third kappa shape index (κ3) is 6.08. The van der Waals surface area contributed by atoms with E-state index in [0.29, 0.717) is 11.8 Å². The van der Waals surface area contributed by atoms with Crippen molar-refractivity contribution in [2.45, 2.75) is 38.5 Å². The van der Waals surface area contributed by atoms with Gasteiger partial charge in [0.25, 0.3) is 0 Å². The minimum absolute atomic E-state index is 0.390. The molecule has 2 heterocycles. The number of aromatic nitrogens is 4. The van der Waals surface area contributed by atoms with Crippen molar-refractivity contribution >= 4 is 21.6 Å². The zero-order valence-electron chi connectivity index (χ0n) is 18.6. The maximum absolute atomic E-state index is 4.64. The van der Waals surface area contributed by atoms with Crippen LogP contribution in [0.3, 0.4) is 0 Å². The van der Waals surface area contributed by atoms with Crippen LogP contribution in [-0.2, 0) is 12.8 Å². The van der Waals surface area contributed by atoms with Crippen molar-refractivity contribution < 1.29 is 0 Å². The summed E-state index contributed by atoms with van der Waals surface area (Å²) in [6.07, 6.45) is 5.64. The van der Waals surface area contributed by atoms with Crippen LogP contribution in [0.2, 0.25) is 0 Å². The molecule has 4 rings (SSSR count). The first-order valence-corrected chi connectivity index (χ1v) is 13.5. The number of aromatic amines is 2. The van der Waals surface area contributed by atoms with Gasteiger partial charge in [0, 0.05) is 34.7 Å². The summed E-state index contributed by atoms with van der Waals surface area (Å²) in [7, 11) is 3.91. The Morgan fingerprint density at radius 2 is 1.06 bits per heavy atom. The van der Waals surface area contributed by atoms with Crippen molar-refractivity contribution in [1.82, 2.24) is 19.9 Å². The van der Waals surface area contributed by atoms with Crippen LogP contribution in [0.25, 0.3) is 0 Å². The molecule has 0 bridgehead atoms. The number of hydrogen-bond donors (Lipinski definition) is 2. The lowest BCUT2D eigenvalue weighted by Crippen LogP contribution is -2.09. The first-order valence-electron chi connectivity index (χ1n) is 11.0. The van der Waals surface area contributed by atoms with Crippen LogP contribution in [0.5, 0.6) is 0 Å². The van der Waals surface area contributed by atoms with E-state index in [2.05, 4.69) is 94.4 Å². The first kappa shape index (κ1) is 22.7. The number of imidazole rings is 2. The molecule has 2 aromatic heterocycles. The number of hydrogen-bond acceptors (Lipinski definition) is 4. The van der Waals surface area contributed by atoms with Gasteiger partial charge in [-0.3, -0.25) is 0 Å². The van der Waals surface area contributed by atoms with Crippen molar-refractivity contribution in [3.63, 3.8) is 0 Å². The smallest absolute Gasteiger partial charge is 0.0925 e. The Morgan fingerprint density at radius 1 is 0.656 bits per heavy atom. The molecule has 6 heteroatoms. The number of nitrogens with one attached hydrogen (secondary N) is 2. The third-order valence-corrected chi connectivity index (χ3v) is 8.34. The highest BCUT2D eigenvalue weighted by Crippen LogP contribution is 2.35. The monoisotopic (exact) mass is 462 g/mol. The Kier molecular flexibility index (Phi) is 8.13. The zero-order chi connectivity index (χ0) is 22.2. The molecule has 32 heavy (non-hydrogen) atoms. The van der Waals surface area contributed by atoms with Gasteiger partial charge >= 0.3 is 0 Å². The topological polar surface area (TPSA) is 57.4 Å². The van der Waals surface area contributed by atoms with Crippen LogP contribution in [-0.4, -0.2) is 31.4 Å². The molecule has 4 nitrogen and oxygen atoms in total. The number of aryl methyl sites for hydroxylation is 2. The Bertz CT molecular complexity index is 988. The summed E-state index contributed by atoms with van der Waals surface area (Å²) < 4.78 is 0. The molecule has 2 N–H and O–H groups in total. The van der Waals surface area contributed by atoms with Gasteiger partial charge in [0.1, 0.15) is 0 Å². The largest absolute Gasteiger partial charge is 0.348 e. The second-order valence-electron chi connectivity index (χ2n) is 8.17. The predicted octanol–water partition coefficient (Wildman–Crippen LogP) is 6.48.